The molecule has 1 saturated carbocycles. The van der Waals surface area contributed by atoms with Gasteiger partial charge >= 0.3 is 6.08 Å². The summed E-state index contributed by atoms with van der Waals surface area (Å²) in [6.07, 6.45) is 2.39. The van der Waals surface area contributed by atoms with E-state index in [1.54, 1.807) is 4.57 Å². The lowest BCUT2D eigenvalue weighted by molar-refractivity contribution is 0.356. The largest absolute Gasteiger partial charge is 0.493 e. The van der Waals surface area contributed by atoms with Gasteiger partial charge in [-0.15, -0.1) is 0 Å². The Morgan fingerprint density at radius 1 is 1.28 bits per heavy atom. The summed E-state index contributed by atoms with van der Waals surface area (Å²) >= 11 is 0. The number of ether oxygens (including phenoxy) is 1. The van der Waals surface area contributed by atoms with E-state index in [9.17, 15) is 12.8 Å². The number of aryl methyl sites for hydroxylation is 2. The van der Waals surface area contributed by atoms with Gasteiger partial charge in [0.1, 0.15) is 11.6 Å². The smallest absolute Gasteiger partial charge is 0.312 e. The summed E-state index contributed by atoms with van der Waals surface area (Å²) in [5.41, 5.74) is 9.92. The molecule has 1 aromatic carbocycles. The van der Waals surface area contributed by atoms with Gasteiger partial charge in [-0.05, 0) is 48.9 Å². The SMILES string of the molecule is Cc1cc2c(cc1Cc1nc3c(N)nc(F)nc3n1CCCNS(=O)(=O)C1CC1)OCC2. The van der Waals surface area contributed by atoms with Crippen LogP contribution in [0.5, 0.6) is 5.75 Å². The fourth-order valence-corrected chi connectivity index (χ4v) is 5.53. The number of nitrogen functional groups attached to an aromatic ring is 1. The topological polar surface area (TPSA) is 125 Å². The maximum absolute atomic E-state index is 13.9. The number of anilines is 1. The molecule has 11 heteroatoms. The number of nitrogens with two attached hydrogens (primary N) is 1. The molecule has 0 radical (unpaired) electrons. The third-order valence-electron chi connectivity index (χ3n) is 5.99. The second-order valence-corrected chi connectivity index (χ2v) is 10.4. The van der Waals surface area contributed by atoms with Gasteiger partial charge in [-0.25, -0.2) is 18.1 Å². The molecule has 0 bridgehead atoms. The number of nitrogens with one attached hydrogen (secondary N) is 1. The Morgan fingerprint density at radius 3 is 2.88 bits per heavy atom. The first-order valence-electron chi connectivity index (χ1n) is 10.7. The van der Waals surface area contributed by atoms with Crippen LogP contribution in [-0.2, 0) is 29.4 Å². The van der Waals surface area contributed by atoms with Crippen LogP contribution in [0.15, 0.2) is 12.1 Å². The lowest BCUT2D eigenvalue weighted by Crippen LogP contribution is -2.28. The second kappa shape index (κ2) is 7.96. The Morgan fingerprint density at radius 2 is 2.09 bits per heavy atom. The minimum absolute atomic E-state index is 0.0176. The number of imidazole rings is 1. The molecule has 5 rings (SSSR count). The highest BCUT2D eigenvalue weighted by Crippen LogP contribution is 2.31. The van der Waals surface area contributed by atoms with Crippen molar-refractivity contribution in [1.82, 2.24) is 24.2 Å². The quantitative estimate of drug-likeness (QED) is 0.388. The first-order valence-corrected chi connectivity index (χ1v) is 12.3. The fourth-order valence-electron chi connectivity index (χ4n) is 4.11. The third-order valence-corrected chi connectivity index (χ3v) is 7.95. The number of hydrogen-bond acceptors (Lipinski definition) is 7. The molecule has 1 aliphatic heterocycles. The highest BCUT2D eigenvalue weighted by molar-refractivity contribution is 7.90. The van der Waals surface area contributed by atoms with E-state index in [1.165, 1.54) is 5.56 Å². The van der Waals surface area contributed by atoms with E-state index in [4.69, 9.17) is 10.5 Å². The van der Waals surface area contributed by atoms with Gasteiger partial charge in [-0.3, -0.25) is 0 Å². The molecule has 170 valence electrons. The van der Waals surface area contributed by atoms with Gasteiger partial charge in [0.2, 0.25) is 10.0 Å². The highest BCUT2D eigenvalue weighted by Gasteiger charge is 2.35. The van der Waals surface area contributed by atoms with Crippen LogP contribution in [0.1, 0.15) is 41.8 Å². The van der Waals surface area contributed by atoms with Crippen molar-refractivity contribution in [3.8, 4) is 5.75 Å². The number of nitrogens with zero attached hydrogens (tertiary/aromatic N) is 4. The molecule has 0 amide bonds. The summed E-state index contributed by atoms with van der Waals surface area (Å²) in [4.78, 5) is 12.1. The van der Waals surface area contributed by atoms with Crippen molar-refractivity contribution in [3.05, 3.63) is 40.7 Å². The van der Waals surface area contributed by atoms with E-state index in [1.807, 2.05) is 13.0 Å². The Kier molecular flexibility index (Phi) is 5.25. The van der Waals surface area contributed by atoms with E-state index in [0.717, 1.165) is 23.3 Å². The Labute approximate surface area is 185 Å². The van der Waals surface area contributed by atoms with E-state index < -0.39 is 16.1 Å². The fraction of sp³-hybridized carbons (Fsp3) is 0.476. The molecule has 0 saturated heterocycles. The predicted molar refractivity (Wildman–Crippen MR) is 117 cm³/mol. The number of benzene rings is 1. The van der Waals surface area contributed by atoms with Crippen molar-refractivity contribution in [1.29, 1.82) is 0 Å². The molecule has 2 aliphatic rings. The molecule has 2 aromatic heterocycles. The van der Waals surface area contributed by atoms with Gasteiger partial charge in [0.25, 0.3) is 0 Å². The molecular formula is C21H25FN6O3S. The number of aromatic nitrogens is 4. The Hall–Kier alpha value is -2.79. The number of halogens is 1. The van der Waals surface area contributed by atoms with Crippen molar-refractivity contribution in [2.45, 2.75) is 50.8 Å². The second-order valence-electron chi connectivity index (χ2n) is 8.38. The summed E-state index contributed by atoms with van der Waals surface area (Å²) in [7, 11) is -3.25. The van der Waals surface area contributed by atoms with E-state index in [0.29, 0.717) is 55.8 Å². The highest BCUT2D eigenvalue weighted by atomic mass is 32.2. The maximum Gasteiger partial charge on any atom is 0.312 e. The minimum Gasteiger partial charge on any atom is -0.493 e. The number of rotatable bonds is 8. The van der Waals surface area contributed by atoms with Crippen LogP contribution in [0.2, 0.25) is 0 Å². The average Bonchev–Trinajstić information content (AvgIpc) is 3.42. The Bertz CT molecular complexity index is 1300. The zero-order valence-electron chi connectivity index (χ0n) is 17.8. The predicted octanol–water partition coefficient (Wildman–Crippen LogP) is 1.85. The molecule has 0 unspecified atom stereocenters. The van der Waals surface area contributed by atoms with Gasteiger partial charge in [-0.2, -0.15) is 14.4 Å². The minimum atomic E-state index is -3.25. The molecule has 3 N–H and O–H groups in total. The zero-order valence-corrected chi connectivity index (χ0v) is 18.6. The van der Waals surface area contributed by atoms with Crippen LogP contribution >= 0.6 is 0 Å². The summed E-state index contributed by atoms with van der Waals surface area (Å²) in [5.74, 6) is 1.53. The van der Waals surface area contributed by atoms with Crippen LogP contribution in [-0.4, -0.2) is 46.3 Å². The summed E-state index contributed by atoms with van der Waals surface area (Å²) in [6.45, 7) is 3.42. The lowest BCUT2D eigenvalue weighted by atomic mass is 10.0. The van der Waals surface area contributed by atoms with Crippen LogP contribution in [0.3, 0.4) is 0 Å². The first kappa shape index (κ1) is 21.1. The van der Waals surface area contributed by atoms with Crippen molar-refractivity contribution >= 4 is 27.0 Å². The van der Waals surface area contributed by atoms with Gasteiger partial charge in [0, 0.05) is 25.9 Å². The van der Waals surface area contributed by atoms with E-state index in [2.05, 4.69) is 25.7 Å². The number of hydrogen-bond donors (Lipinski definition) is 2. The zero-order chi connectivity index (χ0) is 22.5. The lowest BCUT2D eigenvalue weighted by Gasteiger charge is -2.12. The van der Waals surface area contributed by atoms with Gasteiger partial charge in [0.05, 0.1) is 11.9 Å². The van der Waals surface area contributed by atoms with Crippen molar-refractivity contribution in [2.75, 3.05) is 18.9 Å². The molecule has 9 nitrogen and oxygen atoms in total. The number of fused-ring (bicyclic) bond motifs is 2. The van der Waals surface area contributed by atoms with Crippen molar-refractivity contribution in [2.24, 2.45) is 0 Å². The van der Waals surface area contributed by atoms with Gasteiger partial charge in [-0.1, -0.05) is 6.07 Å². The van der Waals surface area contributed by atoms with Gasteiger partial charge in [0.15, 0.2) is 17.0 Å². The summed E-state index contributed by atoms with van der Waals surface area (Å²) in [5, 5.41) is -0.265. The van der Waals surface area contributed by atoms with Crippen molar-refractivity contribution < 1.29 is 17.5 Å². The summed E-state index contributed by atoms with van der Waals surface area (Å²) in [6, 6.07) is 4.16. The Balaban J connectivity index is 1.43. The molecule has 0 spiro atoms. The molecule has 3 aromatic rings. The molecule has 1 fully saturated rings. The van der Waals surface area contributed by atoms with Crippen molar-refractivity contribution in [3.63, 3.8) is 0 Å². The average molecular weight is 461 g/mol. The molecular weight excluding hydrogens is 435 g/mol. The van der Waals surface area contributed by atoms with Gasteiger partial charge < -0.3 is 15.0 Å². The van der Waals surface area contributed by atoms with Crippen LogP contribution < -0.4 is 15.2 Å². The van der Waals surface area contributed by atoms with Crippen LogP contribution in [0.4, 0.5) is 10.2 Å². The normalized spacial score (nSPS) is 15.8. The first-order chi connectivity index (χ1) is 15.3. The van der Waals surface area contributed by atoms with Crippen LogP contribution in [0, 0.1) is 13.0 Å². The third kappa shape index (κ3) is 4.02. The van der Waals surface area contributed by atoms with Crippen LogP contribution in [0.25, 0.3) is 11.2 Å². The maximum atomic E-state index is 13.9. The number of sulfonamides is 1. The summed E-state index contributed by atoms with van der Waals surface area (Å²) < 4.78 is 48.2. The van der Waals surface area contributed by atoms with E-state index >= 15 is 0 Å². The standard InChI is InChI=1S/C21H25FN6O3S/c1-12-9-13-5-8-31-16(13)10-14(12)11-17-25-18-19(23)26-21(22)27-20(18)28(17)7-2-6-24-32(29,30)15-3-4-15/h9-10,15,24H,2-8,11H2,1H3,(H2,23,26,27). The molecule has 0 atom stereocenters. The molecule has 32 heavy (non-hydrogen) atoms. The monoisotopic (exact) mass is 460 g/mol. The molecule has 1 aliphatic carbocycles. The van der Waals surface area contributed by atoms with E-state index in [-0.39, 0.29) is 17.6 Å². The molecule has 3 heterocycles.